The van der Waals surface area contributed by atoms with Crippen LogP contribution in [-0.2, 0) is 0 Å². The summed E-state index contributed by atoms with van der Waals surface area (Å²) < 4.78 is 14.0. The molecule has 1 aromatic carbocycles. The van der Waals surface area contributed by atoms with Gasteiger partial charge in [-0.2, -0.15) is 0 Å². The normalized spacial score (nSPS) is 12.7. The van der Waals surface area contributed by atoms with Crippen LogP contribution in [0.5, 0.6) is 0 Å². The van der Waals surface area contributed by atoms with Crippen molar-refractivity contribution in [2.45, 2.75) is 71.8 Å². The topological polar surface area (TPSA) is 26.0 Å². The van der Waals surface area contributed by atoms with E-state index in [1.54, 1.807) is 6.07 Å². The van der Waals surface area contributed by atoms with Gasteiger partial charge in [-0.05, 0) is 37.5 Å². The average molecular weight is 265 g/mol. The van der Waals surface area contributed by atoms with Crippen molar-refractivity contribution in [1.82, 2.24) is 0 Å². The molecule has 0 spiro atoms. The van der Waals surface area contributed by atoms with E-state index >= 15 is 0 Å². The van der Waals surface area contributed by atoms with Crippen molar-refractivity contribution < 1.29 is 4.39 Å². The lowest BCUT2D eigenvalue weighted by atomic mass is 9.95. The van der Waals surface area contributed by atoms with E-state index < -0.39 is 0 Å². The van der Waals surface area contributed by atoms with E-state index in [-0.39, 0.29) is 11.9 Å². The quantitative estimate of drug-likeness (QED) is 0.643. The molecular weight excluding hydrogens is 237 g/mol. The first-order valence-electron chi connectivity index (χ1n) is 7.58. The highest BCUT2D eigenvalue weighted by atomic mass is 19.1. The third-order valence-electron chi connectivity index (χ3n) is 3.72. The van der Waals surface area contributed by atoms with Gasteiger partial charge in [0.15, 0.2) is 0 Å². The van der Waals surface area contributed by atoms with Gasteiger partial charge in [0.05, 0.1) is 0 Å². The maximum Gasteiger partial charge on any atom is 0.128 e. The van der Waals surface area contributed by atoms with Crippen molar-refractivity contribution in [1.29, 1.82) is 0 Å². The highest BCUT2D eigenvalue weighted by Gasteiger charge is 2.14. The lowest BCUT2D eigenvalue weighted by Gasteiger charge is -2.16. The largest absolute Gasteiger partial charge is 0.324 e. The van der Waals surface area contributed by atoms with Crippen LogP contribution in [-0.4, -0.2) is 0 Å². The smallest absolute Gasteiger partial charge is 0.128 e. The third kappa shape index (κ3) is 5.32. The van der Waals surface area contributed by atoms with Crippen LogP contribution < -0.4 is 5.73 Å². The summed E-state index contributed by atoms with van der Waals surface area (Å²) in [5.74, 6) is -0.143. The summed E-state index contributed by atoms with van der Waals surface area (Å²) in [4.78, 5) is 0. The van der Waals surface area contributed by atoms with Gasteiger partial charge in [-0.25, -0.2) is 4.39 Å². The Morgan fingerprint density at radius 3 is 2.32 bits per heavy atom. The molecule has 1 unspecified atom stereocenters. The number of halogens is 1. The molecule has 19 heavy (non-hydrogen) atoms. The van der Waals surface area contributed by atoms with E-state index in [2.05, 4.69) is 6.92 Å². The zero-order valence-corrected chi connectivity index (χ0v) is 12.6. The summed E-state index contributed by atoms with van der Waals surface area (Å²) in [6, 6.07) is 3.44. The molecule has 108 valence electrons. The van der Waals surface area contributed by atoms with Crippen LogP contribution >= 0.6 is 0 Å². The van der Waals surface area contributed by atoms with Crippen molar-refractivity contribution in [3.05, 3.63) is 34.6 Å². The summed E-state index contributed by atoms with van der Waals surface area (Å²) in [5, 5.41) is 0. The molecule has 0 aliphatic carbocycles. The lowest BCUT2D eigenvalue weighted by molar-refractivity contribution is 0.521. The molecule has 0 bridgehead atoms. The summed E-state index contributed by atoms with van der Waals surface area (Å²) in [6.07, 6.45) is 8.36. The molecule has 0 aromatic heterocycles. The van der Waals surface area contributed by atoms with Crippen LogP contribution in [0, 0.1) is 19.7 Å². The highest BCUT2D eigenvalue weighted by Crippen LogP contribution is 2.25. The predicted molar refractivity (Wildman–Crippen MR) is 80.8 cm³/mol. The lowest BCUT2D eigenvalue weighted by Crippen LogP contribution is -2.14. The molecule has 1 rings (SSSR count). The van der Waals surface area contributed by atoms with Crippen molar-refractivity contribution in [2.24, 2.45) is 5.73 Å². The first-order chi connectivity index (χ1) is 9.06. The van der Waals surface area contributed by atoms with E-state index in [0.29, 0.717) is 5.56 Å². The van der Waals surface area contributed by atoms with Gasteiger partial charge in [0.2, 0.25) is 0 Å². The molecule has 0 saturated heterocycles. The molecule has 2 N–H and O–H groups in total. The maximum absolute atomic E-state index is 14.0. The molecule has 0 heterocycles. The molecule has 0 amide bonds. The van der Waals surface area contributed by atoms with Gasteiger partial charge in [0.1, 0.15) is 5.82 Å². The minimum absolute atomic E-state index is 0.143. The van der Waals surface area contributed by atoms with E-state index in [0.717, 1.165) is 24.0 Å². The summed E-state index contributed by atoms with van der Waals surface area (Å²) in [6.45, 7) is 6.09. The Bertz CT molecular complexity index is 364. The Morgan fingerprint density at radius 1 is 1.05 bits per heavy atom. The second-order valence-electron chi connectivity index (χ2n) is 5.64. The third-order valence-corrected chi connectivity index (χ3v) is 3.72. The minimum Gasteiger partial charge on any atom is -0.324 e. The summed E-state index contributed by atoms with van der Waals surface area (Å²) in [5.41, 5.74) is 8.80. The first-order valence-corrected chi connectivity index (χ1v) is 7.58. The van der Waals surface area contributed by atoms with Gasteiger partial charge in [0.25, 0.3) is 0 Å². The second kappa shape index (κ2) is 8.31. The number of hydrogen-bond donors (Lipinski definition) is 1. The van der Waals surface area contributed by atoms with Crippen LogP contribution in [0.15, 0.2) is 12.1 Å². The molecule has 0 aliphatic rings. The fourth-order valence-corrected chi connectivity index (χ4v) is 2.69. The van der Waals surface area contributed by atoms with Crippen LogP contribution in [0.3, 0.4) is 0 Å². The molecule has 0 aliphatic heterocycles. The Morgan fingerprint density at radius 2 is 1.68 bits per heavy atom. The maximum atomic E-state index is 14.0. The van der Waals surface area contributed by atoms with Gasteiger partial charge in [-0.1, -0.05) is 51.5 Å². The Kier molecular flexibility index (Phi) is 7.07. The van der Waals surface area contributed by atoms with Gasteiger partial charge in [-0.15, -0.1) is 0 Å². The molecule has 1 atom stereocenters. The average Bonchev–Trinajstić information content (AvgIpc) is 2.32. The number of unbranched alkanes of at least 4 members (excludes halogenated alkanes) is 5. The van der Waals surface area contributed by atoms with Crippen LogP contribution in [0.2, 0.25) is 0 Å². The number of nitrogens with two attached hydrogens (primary N) is 1. The predicted octanol–water partition coefficient (Wildman–Crippen LogP) is 5.19. The SMILES string of the molecule is CCCCCCCCC(N)c1c(C)cc(C)cc1F. The second-order valence-corrected chi connectivity index (χ2v) is 5.64. The summed E-state index contributed by atoms with van der Waals surface area (Å²) in [7, 11) is 0. The highest BCUT2D eigenvalue weighted by molar-refractivity contribution is 5.34. The molecule has 0 radical (unpaired) electrons. The van der Waals surface area contributed by atoms with Gasteiger partial charge >= 0.3 is 0 Å². The Hall–Kier alpha value is -0.890. The Balaban J connectivity index is 2.43. The Labute approximate surface area is 117 Å². The number of hydrogen-bond acceptors (Lipinski definition) is 1. The van der Waals surface area contributed by atoms with Crippen molar-refractivity contribution in [3.8, 4) is 0 Å². The van der Waals surface area contributed by atoms with Crippen molar-refractivity contribution in [3.63, 3.8) is 0 Å². The van der Waals surface area contributed by atoms with Gasteiger partial charge < -0.3 is 5.73 Å². The fourth-order valence-electron chi connectivity index (χ4n) is 2.69. The van der Waals surface area contributed by atoms with Crippen LogP contribution in [0.4, 0.5) is 4.39 Å². The molecule has 0 fully saturated rings. The molecular formula is C17H28FN. The molecule has 0 saturated carbocycles. The minimum atomic E-state index is -0.160. The van der Waals surface area contributed by atoms with Crippen molar-refractivity contribution in [2.75, 3.05) is 0 Å². The molecule has 2 heteroatoms. The zero-order valence-electron chi connectivity index (χ0n) is 12.6. The molecule has 1 nitrogen and oxygen atoms in total. The van der Waals surface area contributed by atoms with E-state index in [1.165, 1.54) is 32.1 Å². The first kappa shape index (κ1) is 16.2. The summed E-state index contributed by atoms with van der Waals surface area (Å²) >= 11 is 0. The van der Waals surface area contributed by atoms with Crippen molar-refractivity contribution >= 4 is 0 Å². The van der Waals surface area contributed by atoms with Gasteiger partial charge in [0, 0.05) is 11.6 Å². The monoisotopic (exact) mass is 265 g/mol. The van der Waals surface area contributed by atoms with Crippen LogP contribution in [0.25, 0.3) is 0 Å². The van der Waals surface area contributed by atoms with Crippen LogP contribution in [0.1, 0.15) is 74.6 Å². The fraction of sp³-hybridized carbons (Fsp3) is 0.647. The number of rotatable bonds is 8. The number of aryl methyl sites for hydroxylation is 2. The van der Waals surface area contributed by atoms with E-state index in [1.807, 2.05) is 19.9 Å². The van der Waals surface area contributed by atoms with E-state index in [4.69, 9.17) is 5.73 Å². The van der Waals surface area contributed by atoms with Gasteiger partial charge in [-0.3, -0.25) is 0 Å². The standard InChI is InChI=1S/C17H28FN/c1-4-5-6-7-8-9-10-16(19)17-14(3)11-13(2)12-15(17)18/h11-12,16H,4-10,19H2,1-3H3. The molecule has 1 aromatic rings. The number of benzene rings is 1. The zero-order chi connectivity index (χ0) is 14.3. The van der Waals surface area contributed by atoms with E-state index in [9.17, 15) is 4.39 Å².